The number of anilines is 1. The van der Waals surface area contributed by atoms with Gasteiger partial charge < -0.3 is 5.32 Å². The minimum Gasteiger partial charge on any atom is -0.316 e. The van der Waals surface area contributed by atoms with Gasteiger partial charge in [0.15, 0.2) is 0 Å². The lowest BCUT2D eigenvalue weighted by Gasteiger charge is -2.25. The topological polar surface area (TPSA) is 72.7 Å². The lowest BCUT2D eigenvalue weighted by Crippen LogP contribution is -2.23. The maximum Gasteiger partial charge on any atom is 0.225 e. The molecule has 1 aliphatic heterocycles. The van der Waals surface area contributed by atoms with Crippen molar-refractivity contribution in [2.24, 2.45) is 0 Å². The molecule has 7 heteroatoms. The molecular weight excluding hydrogens is 334 g/mol. The third-order valence-electron chi connectivity index (χ3n) is 4.80. The van der Waals surface area contributed by atoms with Crippen LogP contribution >= 0.6 is 11.5 Å². The van der Waals surface area contributed by atoms with Gasteiger partial charge in [-0.1, -0.05) is 12.1 Å². The number of aromatic nitrogens is 4. The van der Waals surface area contributed by atoms with E-state index in [4.69, 9.17) is 0 Å². The van der Waals surface area contributed by atoms with Crippen molar-refractivity contribution in [3.05, 3.63) is 58.3 Å². The molecule has 3 aromatic rings. The van der Waals surface area contributed by atoms with E-state index in [0.717, 1.165) is 16.3 Å². The van der Waals surface area contributed by atoms with E-state index in [0.29, 0.717) is 13.0 Å². The Morgan fingerprint density at radius 2 is 2.12 bits per heavy atom. The second-order valence-electron chi connectivity index (χ2n) is 6.54. The predicted molar refractivity (Wildman–Crippen MR) is 97.0 cm³/mol. The number of hydrogen-bond donors (Lipinski definition) is 1. The number of rotatable bonds is 3. The van der Waals surface area contributed by atoms with Gasteiger partial charge in [0.1, 0.15) is 17.7 Å². The van der Waals surface area contributed by atoms with Crippen LogP contribution < -0.4 is 5.32 Å². The molecule has 1 N–H and O–H groups in total. The van der Waals surface area contributed by atoms with Gasteiger partial charge in [0.05, 0.1) is 12.2 Å². The minimum atomic E-state index is 0.0533. The number of amides is 1. The Morgan fingerprint density at radius 3 is 2.88 bits per heavy atom. The molecular formula is C18H19N5OS. The maximum atomic E-state index is 12.2. The second kappa shape index (κ2) is 6.07. The summed E-state index contributed by atoms with van der Waals surface area (Å²) in [7, 11) is 0. The van der Waals surface area contributed by atoms with Crippen molar-refractivity contribution in [2.45, 2.75) is 39.7 Å². The van der Waals surface area contributed by atoms with E-state index >= 15 is 0 Å². The predicted octanol–water partition coefficient (Wildman–Crippen LogP) is 3.18. The molecule has 1 aliphatic rings. The molecule has 128 valence electrons. The van der Waals surface area contributed by atoms with Crippen LogP contribution in [-0.2, 0) is 11.3 Å². The number of carbonyl (C=O) groups excluding carboxylic acids is 1. The number of hydrogen-bond acceptors (Lipinski definition) is 5. The van der Waals surface area contributed by atoms with Gasteiger partial charge in [0.25, 0.3) is 0 Å². The molecule has 0 saturated heterocycles. The van der Waals surface area contributed by atoms with Crippen LogP contribution in [0.1, 0.15) is 45.8 Å². The van der Waals surface area contributed by atoms with E-state index in [1.54, 1.807) is 12.7 Å². The molecule has 0 aliphatic carbocycles. The SMILES string of the molecule is Cc1cc(C)c(C2CC(=O)Nc3snc(C)c32)cc1Cn1cncn1. The first kappa shape index (κ1) is 16.0. The smallest absolute Gasteiger partial charge is 0.225 e. The van der Waals surface area contributed by atoms with Gasteiger partial charge in [-0.2, -0.15) is 9.47 Å². The number of carbonyl (C=O) groups is 1. The summed E-state index contributed by atoms with van der Waals surface area (Å²) in [5, 5.41) is 8.05. The first-order valence-electron chi connectivity index (χ1n) is 8.21. The highest BCUT2D eigenvalue weighted by molar-refractivity contribution is 7.10. The van der Waals surface area contributed by atoms with E-state index in [1.807, 2.05) is 11.6 Å². The number of benzene rings is 1. The highest BCUT2D eigenvalue weighted by Crippen LogP contribution is 2.42. The van der Waals surface area contributed by atoms with Crippen LogP contribution in [0.4, 0.5) is 5.00 Å². The summed E-state index contributed by atoms with van der Waals surface area (Å²) < 4.78 is 6.26. The van der Waals surface area contributed by atoms with Crippen molar-refractivity contribution in [1.82, 2.24) is 19.1 Å². The highest BCUT2D eigenvalue weighted by atomic mass is 32.1. The largest absolute Gasteiger partial charge is 0.316 e. The van der Waals surface area contributed by atoms with Gasteiger partial charge in [-0.25, -0.2) is 9.67 Å². The minimum absolute atomic E-state index is 0.0533. The number of aryl methyl sites for hydroxylation is 3. The summed E-state index contributed by atoms with van der Waals surface area (Å²) in [6.07, 6.45) is 3.72. The molecule has 1 atom stereocenters. The Hall–Kier alpha value is -2.54. The van der Waals surface area contributed by atoms with Crippen molar-refractivity contribution >= 4 is 22.4 Å². The molecule has 25 heavy (non-hydrogen) atoms. The summed E-state index contributed by atoms with van der Waals surface area (Å²) in [6.45, 7) is 6.91. The third kappa shape index (κ3) is 2.84. The number of nitrogens with zero attached hydrogens (tertiary/aromatic N) is 4. The fourth-order valence-electron chi connectivity index (χ4n) is 3.56. The van der Waals surface area contributed by atoms with Gasteiger partial charge in [0, 0.05) is 17.9 Å². The molecule has 1 aromatic carbocycles. The summed E-state index contributed by atoms with van der Waals surface area (Å²) in [5.74, 6) is 0.108. The summed E-state index contributed by atoms with van der Waals surface area (Å²) >= 11 is 1.37. The Bertz CT molecular complexity index is 945. The fourth-order valence-corrected chi connectivity index (χ4v) is 4.43. The molecule has 6 nitrogen and oxygen atoms in total. The van der Waals surface area contributed by atoms with Crippen LogP contribution in [0, 0.1) is 20.8 Å². The van der Waals surface area contributed by atoms with Gasteiger partial charge >= 0.3 is 0 Å². The molecule has 4 rings (SSSR count). The average Bonchev–Trinajstić information content (AvgIpc) is 3.19. The van der Waals surface area contributed by atoms with Gasteiger partial charge in [0.2, 0.25) is 5.91 Å². The Labute approximate surface area is 150 Å². The van der Waals surface area contributed by atoms with Crippen LogP contribution in [0.3, 0.4) is 0 Å². The standard InChI is InChI=1S/C18H19N5OS/c1-10-4-11(2)14(5-13(10)7-23-9-19-8-20-23)15-6-16(24)21-18-17(15)12(3)22-25-18/h4-5,8-9,15H,6-7H2,1-3H3,(H,21,24). The fraction of sp³-hybridized carbons (Fsp3) is 0.333. The number of nitrogens with one attached hydrogen (secondary N) is 1. The van der Waals surface area contributed by atoms with Crippen molar-refractivity contribution in [1.29, 1.82) is 0 Å². The van der Waals surface area contributed by atoms with Gasteiger partial charge in [-0.05, 0) is 54.6 Å². The zero-order valence-electron chi connectivity index (χ0n) is 14.4. The van der Waals surface area contributed by atoms with Crippen LogP contribution in [-0.4, -0.2) is 25.0 Å². The van der Waals surface area contributed by atoms with E-state index in [-0.39, 0.29) is 11.8 Å². The van der Waals surface area contributed by atoms with Crippen molar-refractivity contribution < 1.29 is 4.79 Å². The molecule has 0 fully saturated rings. The summed E-state index contributed by atoms with van der Waals surface area (Å²) in [4.78, 5) is 16.2. The van der Waals surface area contributed by atoms with E-state index in [2.05, 4.69) is 45.8 Å². The number of fused-ring (bicyclic) bond motifs is 1. The van der Waals surface area contributed by atoms with E-state index in [1.165, 1.54) is 33.8 Å². The molecule has 3 heterocycles. The summed E-state index contributed by atoms with van der Waals surface area (Å²) in [6, 6.07) is 4.42. The van der Waals surface area contributed by atoms with Crippen molar-refractivity contribution in [3.8, 4) is 0 Å². The van der Waals surface area contributed by atoms with Crippen LogP contribution in [0.2, 0.25) is 0 Å². The average molecular weight is 353 g/mol. The Balaban J connectivity index is 1.80. The third-order valence-corrected chi connectivity index (χ3v) is 5.67. The molecule has 0 spiro atoms. The van der Waals surface area contributed by atoms with Crippen LogP contribution in [0.25, 0.3) is 0 Å². The quantitative estimate of drug-likeness (QED) is 0.785. The molecule has 1 unspecified atom stereocenters. The zero-order chi connectivity index (χ0) is 17.6. The van der Waals surface area contributed by atoms with E-state index in [9.17, 15) is 4.79 Å². The molecule has 1 amide bonds. The van der Waals surface area contributed by atoms with Crippen LogP contribution in [0.15, 0.2) is 24.8 Å². The first-order chi connectivity index (χ1) is 12.0. The van der Waals surface area contributed by atoms with Gasteiger partial charge in [-0.15, -0.1) is 0 Å². The van der Waals surface area contributed by atoms with Crippen molar-refractivity contribution in [3.63, 3.8) is 0 Å². The normalized spacial score (nSPS) is 16.6. The molecule has 0 saturated carbocycles. The maximum absolute atomic E-state index is 12.2. The summed E-state index contributed by atoms with van der Waals surface area (Å²) in [5.41, 5.74) is 6.97. The van der Waals surface area contributed by atoms with Gasteiger partial charge in [-0.3, -0.25) is 4.79 Å². The van der Waals surface area contributed by atoms with E-state index < -0.39 is 0 Å². The zero-order valence-corrected chi connectivity index (χ0v) is 15.2. The lowest BCUT2D eigenvalue weighted by atomic mass is 9.82. The Kier molecular flexibility index (Phi) is 3.88. The second-order valence-corrected chi connectivity index (χ2v) is 7.32. The van der Waals surface area contributed by atoms with Crippen LogP contribution in [0.5, 0.6) is 0 Å². The Morgan fingerprint density at radius 1 is 1.28 bits per heavy atom. The lowest BCUT2D eigenvalue weighted by molar-refractivity contribution is -0.116. The van der Waals surface area contributed by atoms with Crippen molar-refractivity contribution in [2.75, 3.05) is 5.32 Å². The first-order valence-corrected chi connectivity index (χ1v) is 8.98. The highest BCUT2D eigenvalue weighted by Gasteiger charge is 2.31. The monoisotopic (exact) mass is 353 g/mol. The molecule has 2 aromatic heterocycles. The molecule has 0 radical (unpaired) electrons. The molecule has 0 bridgehead atoms.